The molecule has 0 atom stereocenters. The van der Waals surface area contributed by atoms with Crippen LogP contribution in [0.15, 0.2) is 48.5 Å². The predicted molar refractivity (Wildman–Crippen MR) is 177 cm³/mol. The van der Waals surface area contributed by atoms with Crippen molar-refractivity contribution in [2.75, 3.05) is 56.2 Å². The van der Waals surface area contributed by atoms with Crippen molar-refractivity contribution in [1.82, 2.24) is 10.2 Å². The summed E-state index contributed by atoms with van der Waals surface area (Å²) in [6.45, 7) is 11.8. The lowest BCUT2D eigenvalue weighted by molar-refractivity contribution is 0.0130. The number of hydrogen-bond acceptors (Lipinski definition) is 6. The second-order valence-electron chi connectivity index (χ2n) is 12.4. The molecule has 4 heterocycles. The van der Waals surface area contributed by atoms with Crippen molar-refractivity contribution < 1.29 is 14.6 Å². The van der Waals surface area contributed by atoms with E-state index in [1.165, 1.54) is 43.6 Å². The lowest BCUT2D eigenvalue weighted by atomic mass is 9.76. The molecule has 0 radical (unpaired) electrons. The van der Waals surface area contributed by atoms with E-state index in [0.29, 0.717) is 5.54 Å². The fraction of sp³-hybridized carbons (Fsp3) is 0.594. The fourth-order valence-corrected chi connectivity index (χ4v) is 6.74. The molecule has 2 aromatic carbocycles. The zero-order chi connectivity index (χ0) is 29.7. The number of amides is 1. The van der Waals surface area contributed by atoms with E-state index in [1.807, 2.05) is 49.9 Å². The van der Waals surface area contributed by atoms with Gasteiger partial charge in [0.05, 0.1) is 0 Å². The summed E-state index contributed by atoms with van der Waals surface area (Å²) < 4.78 is 5.48. The van der Waals surface area contributed by atoms with Gasteiger partial charge in [0.25, 0.3) is 0 Å². The molecule has 4 saturated heterocycles. The molecule has 4 aliphatic rings. The number of nitrogens with zero attached hydrogens (tertiary/aromatic N) is 3. The quantitative estimate of drug-likeness (QED) is 0.367. The van der Waals surface area contributed by atoms with Crippen LogP contribution >= 0.6 is 35.6 Å². The van der Waals surface area contributed by atoms with Gasteiger partial charge in [0.2, 0.25) is 0 Å². The number of ether oxygens (including phenoxy) is 1. The number of benzene rings is 2. The first-order chi connectivity index (χ1) is 19.6. The van der Waals surface area contributed by atoms with Crippen LogP contribution < -0.4 is 15.1 Å². The van der Waals surface area contributed by atoms with Crippen molar-refractivity contribution in [1.29, 1.82) is 0 Å². The summed E-state index contributed by atoms with van der Waals surface area (Å²) in [5.41, 5.74) is 2.77. The highest BCUT2D eigenvalue weighted by Crippen LogP contribution is 2.44. The van der Waals surface area contributed by atoms with Crippen LogP contribution in [0.2, 0.25) is 10.0 Å². The van der Waals surface area contributed by atoms with E-state index in [4.69, 9.17) is 33.0 Å². The molecule has 2 N–H and O–H groups in total. The molecule has 4 aliphatic heterocycles. The first-order valence-corrected chi connectivity index (χ1v) is 15.5. The maximum atomic E-state index is 12.2. The average molecular weight is 642 g/mol. The van der Waals surface area contributed by atoms with Gasteiger partial charge in [-0.15, -0.1) is 12.4 Å². The smallest absolute Gasteiger partial charge is 0.410 e. The number of nitrogens with one attached hydrogen (secondary N) is 1. The van der Waals surface area contributed by atoms with Gasteiger partial charge in [0, 0.05) is 65.8 Å². The molecule has 42 heavy (non-hydrogen) atoms. The Bertz CT molecular complexity index is 1130. The van der Waals surface area contributed by atoms with Crippen molar-refractivity contribution >= 4 is 53.1 Å². The largest absolute Gasteiger partial charge is 0.444 e. The number of hydrogen-bond donors (Lipinski definition) is 2. The molecule has 7 nitrogen and oxygen atoms in total. The van der Waals surface area contributed by atoms with Crippen molar-refractivity contribution in [3.05, 3.63) is 58.6 Å². The Kier molecular flexibility index (Phi) is 12.1. The van der Waals surface area contributed by atoms with E-state index < -0.39 is 5.60 Å². The number of aliphatic hydroxyl groups is 1. The molecule has 0 aromatic heterocycles. The van der Waals surface area contributed by atoms with E-state index in [0.717, 1.165) is 62.7 Å². The van der Waals surface area contributed by atoms with Crippen LogP contribution in [0, 0.1) is 0 Å². The Morgan fingerprint density at radius 1 is 0.738 bits per heavy atom. The Morgan fingerprint density at radius 3 is 1.48 bits per heavy atom. The molecule has 4 fully saturated rings. The molecule has 234 valence electrons. The molecule has 10 heteroatoms. The molecule has 1 amide bonds. The standard InChI is InChI=1S/C18H25ClN2O2.C13H17ClN2.CH4O.ClH/c1-17(2,3)23-16(22)20-11-8-18(9-12-20)10-13-21(18)15-6-4-14(19)5-7-15;14-11-1-3-12(4-2-11)16-10-7-13(16)5-8-15-9-6-13;1-2;/h4-7H,8-13H2,1-3H3;1-4,15H,5-10H2;2H,1H3;1H. The van der Waals surface area contributed by atoms with Gasteiger partial charge in [-0.3, -0.25) is 0 Å². The van der Waals surface area contributed by atoms with Gasteiger partial charge in [0.15, 0.2) is 0 Å². The van der Waals surface area contributed by atoms with Gasteiger partial charge < -0.3 is 29.9 Å². The number of rotatable bonds is 2. The highest BCUT2D eigenvalue weighted by atomic mass is 35.5. The van der Waals surface area contributed by atoms with E-state index in [9.17, 15) is 4.79 Å². The topological polar surface area (TPSA) is 68.3 Å². The highest BCUT2D eigenvalue weighted by Gasteiger charge is 2.47. The van der Waals surface area contributed by atoms with Crippen molar-refractivity contribution in [2.24, 2.45) is 0 Å². The summed E-state index contributed by atoms with van der Waals surface area (Å²) in [7, 11) is 1.00. The molecule has 0 aliphatic carbocycles. The Hall–Kier alpha value is -1.90. The third-order valence-corrected chi connectivity index (χ3v) is 9.41. The number of halogens is 3. The summed E-state index contributed by atoms with van der Waals surface area (Å²) in [6.07, 6.45) is 6.88. The normalized spacial score (nSPS) is 20.1. The number of likely N-dealkylation sites (tertiary alicyclic amines) is 1. The lowest BCUT2D eigenvalue weighted by Gasteiger charge is -2.57. The molecule has 0 saturated carbocycles. The molecule has 0 unspecified atom stereocenters. The molecule has 2 aromatic rings. The van der Waals surface area contributed by atoms with Gasteiger partial charge in [-0.2, -0.15) is 0 Å². The van der Waals surface area contributed by atoms with Crippen LogP contribution in [0.1, 0.15) is 59.3 Å². The maximum absolute atomic E-state index is 12.2. The second kappa shape index (κ2) is 14.7. The third-order valence-electron chi connectivity index (χ3n) is 8.90. The SMILES string of the molecule is CC(C)(C)OC(=O)N1CCC2(CC1)CCN2c1ccc(Cl)cc1.CO.Cl.Clc1ccc(N2CCC23CCNCC3)cc1. The summed E-state index contributed by atoms with van der Waals surface area (Å²) in [4.78, 5) is 19.1. The van der Waals surface area contributed by atoms with Gasteiger partial charge in [0.1, 0.15) is 5.60 Å². The zero-order valence-electron chi connectivity index (χ0n) is 25.4. The van der Waals surface area contributed by atoms with Gasteiger partial charge in [-0.25, -0.2) is 4.79 Å². The average Bonchev–Trinajstić information content (AvgIpc) is 2.95. The predicted octanol–water partition coefficient (Wildman–Crippen LogP) is 7.02. The minimum Gasteiger partial charge on any atom is -0.444 e. The van der Waals surface area contributed by atoms with E-state index in [1.54, 1.807) is 0 Å². The van der Waals surface area contributed by atoms with Crippen LogP contribution in [-0.4, -0.2) is 79.2 Å². The molecule has 2 spiro atoms. The van der Waals surface area contributed by atoms with Gasteiger partial charge in [-0.1, -0.05) is 23.2 Å². The minimum absolute atomic E-state index is 0. The Balaban J connectivity index is 0.000000224. The van der Waals surface area contributed by atoms with E-state index in [-0.39, 0.29) is 24.0 Å². The fourth-order valence-electron chi connectivity index (χ4n) is 6.49. The van der Waals surface area contributed by atoms with Gasteiger partial charge in [-0.05, 0) is 121 Å². The number of carbonyl (C=O) groups is 1. The summed E-state index contributed by atoms with van der Waals surface area (Å²) in [5, 5.41) is 12.0. The maximum Gasteiger partial charge on any atom is 0.410 e. The monoisotopic (exact) mass is 640 g/mol. The van der Waals surface area contributed by atoms with E-state index in [2.05, 4.69) is 39.4 Å². The number of piperidine rings is 2. The van der Waals surface area contributed by atoms with Crippen LogP contribution in [0.5, 0.6) is 0 Å². The lowest BCUT2D eigenvalue weighted by Crippen LogP contribution is -2.65. The van der Waals surface area contributed by atoms with E-state index >= 15 is 0 Å². The Morgan fingerprint density at radius 2 is 1.12 bits per heavy atom. The summed E-state index contributed by atoms with van der Waals surface area (Å²) >= 11 is 11.9. The minimum atomic E-state index is -0.433. The van der Waals surface area contributed by atoms with Crippen LogP contribution in [0.25, 0.3) is 0 Å². The van der Waals surface area contributed by atoms with Crippen molar-refractivity contribution in [3.63, 3.8) is 0 Å². The third kappa shape index (κ3) is 7.97. The number of anilines is 2. The summed E-state index contributed by atoms with van der Waals surface area (Å²) in [6, 6.07) is 16.3. The number of aliphatic hydroxyl groups excluding tert-OH is 1. The van der Waals surface area contributed by atoms with Crippen LogP contribution in [0.4, 0.5) is 16.2 Å². The summed E-state index contributed by atoms with van der Waals surface area (Å²) in [5.74, 6) is 0. The van der Waals surface area contributed by atoms with Crippen LogP contribution in [0.3, 0.4) is 0 Å². The van der Waals surface area contributed by atoms with Crippen molar-refractivity contribution in [2.45, 2.75) is 76.0 Å². The first kappa shape index (κ1) is 34.6. The molecule has 6 rings (SSSR count). The molecular formula is C32H47Cl3N4O3. The molecular weight excluding hydrogens is 595 g/mol. The van der Waals surface area contributed by atoms with Gasteiger partial charge >= 0.3 is 6.09 Å². The molecule has 0 bridgehead atoms. The first-order valence-electron chi connectivity index (χ1n) is 14.8. The Labute approximate surface area is 267 Å². The van der Waals surface area contributed by atoms with Crippen molar-refractivity contribution in [3.8, 4) is 0 Å². The second-order valence-corrected chi connectivity index (χ2v) is 13.3. The number of carbonyl (C=O) groups excluding carboxylic acids is 1. The highest BCUT2D eigenvalue weighted by molar-refractivity contribution is 6.30. The van der Waals surface area contributed by atoms with Crippen LogP contribution in [-0.2, 0) is 4.74 Å². The zero-order valence-corrected chi connectivity index (χ0v) is 27.7.